The lowest BCUT2D eigenvalue weighted by Gasteiger charge is -2.32. The van der Waals surface area contributed by atoms with Crippen LogP contribution in [0.3, 0.4) is 0 Å². The van der Waals surface area contributed by atoms with Gasteiger partial charge in [0.25, 0.3) is 0 Å². The molecule has 1 aromatic rings. The molecular formula is C14H17FN2O2. The summed E-state index contributed by atoms with van der Waals surface area (Å²) in [6.45, 7) is 5.44. The number of hydrogen-bond acceptors (Lipinski definition) is 2. The van der Waals surface area contributed by atoms with Crippen LogP contribution in [-0.2, 0) is 16.1 Å². The zero-order valence-corrected chi connectivity index (χ0v) is 11.3. The third-order valence-electron chi connectivity index (χ3n) is 3.43. The van der Waals surface area contributed by atoms with Crippen LogP contribution < -0.4 is 5.32 Å². The Kier molecular flexibility index (Phi) is 3.55. The van der Waals surface area contributed by atoms with Crippen molar-refractivity contribution in [2.24, 2.45) is 0 Å². The summed E-state index contributed by atoms with van der Waals surface area (Å²) in [4.78, 5) is 24.9. The molecule has 1 unspecified atom stereocenters. The van der Waals surface area contributed by atoms with Crippen molar-refractivity contribution in [2.45, 2.75) is 33.4 Å². The minimum atomic E-state index is -0.494. The molecule has 1 aliphatic heterocycles. The normalized spacial score (nSPS) is 19.6. The van der Waals surface area contributed by atoms with E-state index in [2.05, 4.69) is 5.32 Å². The molecule has 1 heterocycles. The Labute approximate surface area is 111 Å². The van der Waals surface area contributed by atoms with Crippen LogP contribution in [-0.4, -0.2) is 29.3 Å². The first-order chi connectivity index (χ1) is 8.90. The monoisotopic (exact) mass is 264 g/mol. The predicted octanol–water partition coefficient (Wildman–Crippen LogP) is 1.29. The van der Waals surface area contributed by atoms with E-state index in [-0.39, 0.29) is 24.2 Å². The van der Waals surface area contributed by atoms with E-state index in [4.69, 9.17) is 0 Å². The number of hydrogen-bond donors (Lipinski definition) is 1. The van der Waals surface area contributed by atoms with Crippen molar-refractivity contribution in [1.82, 2.24) is 10.2 Å². The number of amides is 2. The topological polar surface area (TPSA) is 49.4 Å². The zero-order chi connectivity index (χ0) is 14.2. The quantitative estimate of drug-likeness (QED) is 0.875. The number of piperazine rings is 1. The third-order valence-corrected chi connectivity index (χ3v) is 3.43. The summed E-state index contributed by atoms with van der Waals surface area (Å²) < 4.78 is 13.6. The van der Waals surface area contributed by atoms with E-state index in [9.17, 15) is 14.0 Å². The Morgan fingerprint density at radius 2 is 1.89 bits per heavy atom. The SMILES string of the molecule is Cc1cc(CN2C(=O)CNC(=O)C2C)cc(C)c1F. The summed E-state index contributed by atoms with van der Waals surface area (Å²) in [6.07, 6.45) is 0. The van der Waals surface area contributed by atoms with Crippen molar-refractivity contribution >= 4 is 11.8 Å². The van der Waals surface area contributed by atoms with Crippen molar-refractivity contribution in [3.63, 3.8) is 0 Å². The molecular weight excluding hydrogens is 247 g/mol. The van der Waals surface area contributed by atoms with Gasteiger partial charge in [-0.05, 0) is 37.5 Å². The second-order valence-corrected chi connectivity index (χ2v) is 4.96. The van der Waals surface area contributed by atoms with Gasteiger partial charge in [0.05, 0.1) is 6.54 Å². The first kappa shape index (κ1) is 13.5. The van der Waals surface area contributed by atoms with Crippen LogP contribution in [0.4, 0.5) is 4.39 Å². The van der Waals surface area contributed by atoms with Crippen molar-refractivity contribution in [2.75, 3.05) is 6.54 Å². The van der Waals surface area contributed by atoms with E-state index in [1.54, 1.807) is 32.9 Å². The van der Waals surface area contributed by atoms with Crippen LogP contribution in [0.25, 0.3) is 0 Å². The molecule has 0 bridgehead atoms. The largest absolute Gasteiger partial charge is 0.345 e. The van der Waals surface area contributed by atoms with Gasteiger partial charge in [-0.25, -0.2) is 4.39 Å². The molecule has 0 radical (unpaired) electrons. The molecule has 0 spiro atoms. The van der Waals surface area contributed by atoms with Gasteiger partial charge in [-0.15, -0.1) is 0 Å². The molecule has 4 nitrogen and oxygen atoms in total. The van der Waals surface area contributed by atoms with Gasteiger partial charge in [0.2, 0.25) is 11.8 Å². The van der Waals surface area contributed by atoms with Gasteiger partial charge in [-0.3, -0.25) is 9.59 Å². The highest BCUT2D eigenvalue weighted by atomic mass is 19.1. The van der Waals surface area contributed by atoms with Gasteiger partial charge >= 0.3 is 0 Å². The summed E-state index contributed by atoms with van der Waals surface area (Å²) >= 11 is 0. The molecule has 2 rings (SSSR count). The standard InChI is InChI=1S/C14H17FN2O2/c1-8-4-11(5-9(2)13(8)15)7-17-10(3)14(19)16-6-12(17)18/h4-5,10H,6-7H2,1-3H3,(H,16,19). The highest BCUT2D eigenvalue weighted by Gasteiger charge is 2.30. The summed E-state index contributed by atoms with van der Waals surface area (Å²) in [7, 11) is 0. The molecule has 1 fully saturated rings. The summed E-state index contributed by atoms with van der Waals surface area (Å²) in [6, 6.07) is 2.94. The number of halogens is 1. The lowest BCUT2D eigenvalue weighted by Crippen LogP contribution is -2.56. The molecule has 1 aliphatic rings. The van der Waals surface area contributed by atoms with E-state index in [1.807, 2.05) is 0 Å². The average Bonchev–Trinajstić information content (AvgIpc) is 2.36. The van der Waals surface area contributed by atoms with Crippen molar-refractivity contribution < 1.29 is 14.0 Å². The fraction of sp³-hybridized carbons (Fsp3) is 0.429. The van der Waals surface area contributed by atoms with Crippen molar-refractivity contribution in [3.05, 3.63) is 34.6 Å². The fourth-order valence-corrected chi connectivity index (χ4v) is 2.32. The lowest BCUT2D eigenvalue weighted by atomic mass is 10.0. The Hall–Kier alpha value is -1.91. The maximum absolute atomic E-state index is 13.6. The van der Waals surface area contributed by atoms with E-state index in [0.29, 0.717) is 17.7 Å². The minimum absolute atomic E-state index is 0.0301. The van der Waals surface area contributed by atoms with E-state index in [1.165, 1.54) is 4.90 Å². The summed E-state index contributed by atoms with van der Waals surface area (Å²) in [5, 5.41) is 2.54. The number of carbonyl (C=O) groups is 2. The Morgan fingerprint density at radius 1 is 1.32 bits per heavy atom. The second kappa shape index (κ2) is 4.99. The number of carbonyl (C=O) groups excluding carboxylic acids is 2. The predicted molar refractivity (Wildman–Crippen MR) is 68.9 cm³/mol. The fourth-order valence-electron chi connectivity index (χ4n) is 2.32. The molecule has 19 heavy (non-hydrogen) atoms. The second-order valence-electron chi connectivity index (χ2n) is 4.96. The Balaban J connectivity index is 2.25. The van der Waals surface area contributed by atoms with Gasteiger partial charge in [-0.2, -0.15) is 0 Å². The Bertz CT molecular complexity index is 519. The third kappa shape index (κ3) is 2.59. The molecule has 1 N–H and O–H groups in total. The summed E-state index contributed by atoms with van der Waals surface area (Å²) in [5.41, 5.74) is 1.94. The molecule has 2 amide bonds. The van der Waals surface area contributed by atoms with Gasteiger partial charge in [0, 0.05) is 6.54 Å². The van der Waals surface area contributed by atoms with Crippen molar-refractivity contribution in [1.29, 1.82) is 0 Å². The molecule has 102 valence electrons. The first-order valence-corrected chi connectivity index (χ1v) is 6.23. The first-order valence-electron chi connectivity index (χ1n) is 6.23. The number of aryl methyl sites for hydroxylation is 2. The number of rotatable bonds is 2. The molecule has 0 aliphatic carbocycles. The molecule has 1 saturated heterocycles. The van der Waals surface area contributed by atoms with Crippen LogP contribution in [0.2, 0.25) is 0 Å². The maximum atomic E-state index is 13.6. The lowest BCUT2D eigenvalue weighted by molar-refractivity contribution is -0.145. The van der Waals surface area contributed by atoms with E-state index in [0.717, 1.165) is 5.56 Å². The van der Waals surface area contributed by atoms with Gasteiger partial charge in [0.15, 0.2) is 0 Å². The number of nitrogens with zero attached hydrogens (tertiary/aromatic N) is 1. The number of benzene rings is 1. The molecule has 1 atom stereocenters. The number of nitrogens with one attached hydrogen (secondary N) is 1. The van der Waals surface area contributed by atoms with Gasteiger partial charge < -0.3 is 10.2 Å². The van der Waals surface area contributed by atoms with Crippen LogP contribution in [0, 0.1) is 19.7 Å². The average molecular weight is 264 g/mol. The smallest absolute Gasteiger partial charge is 0.242 e. The summed E-state index contributed by atoms with van der Waals surface area (Å²) in [5.74, 6) is -0.499. The molecule has 1 aromatic carbocycles. The highest BCUT2D eigenvalue weighted by Crippen LogP contribution is 2.18. The van der Waals surface area contributed by atoms with Crippen LogP contribution in [0.1, 0.15) is 23.6 Å². The van der Waals surface area contributed by atoms with Crippen LogP contribution in [0.15, 0.2) is 12.1 Å². The minimum Gasteiger partial charge on any atom is -0.345 e. The molecule has 5 heteroatoms. The van der Waals surface area contributed by atoms with Crippen molar-refractivity contribution in [3.8, 4) is 0 Å². The van der Waals surface area contributed by atoms with E-state index >= 15 is 0 Å². The zero-order valence-electron chi connectivity index (χ0n) is 11.3. The van der Waals surface area contributed by atoms with E-state index < -0.39 is 6.04 Å². The highest BCUT2D eigenvalue weighted by molar-refractivity contribution is 5.94. The van der Waals surface area contributed by atoms with Crippen LogP contribution >= 0.6 is 0 Å². The molecule has 0 saturated carbocycles. The Morgan fingerprint density at radius 3 is 2.47 bits per heavy atom. The van der Waals surface area contributed by atoms with Crippen LogP contribution in [0.5, 0.6) is 0 Å². The maximum Gasteiger partial charge on any atom is 0.242 e. The van der Waals surface area contributed by atoms with Gasteiger partial charge in [-0.1, -0.05) is 12.1 Å². The van der Waals surface area contributed by atoms with Gasteiger partial charge in [0.1, 0.15) is 11.9 Å². The molecule has 0 aromatic heterocycles.